The van der Waals surface area contributed by atoms with E-state index in [9.17, 15) is 26.8 Å². The molecule has 2 rings (SSSR count). The molecular weight excluding hydrogens is 501 g/mol. The predicted molar refractivity (Wildman–Crippen MR) is 134 cm³/mol. The first-order valence-electron chi connectivity index (χ1n) is 11.2. The summed E-state index contributed by atoms with van der Waals surface area (Å²) >= 11 is 0. The van der Waals surface area contributed by atoms with E-state index >= 15 is 0 Å². The Kier molecular flexibility index (Phi) is 13.8. The van der Waals surface area contributed by atoms with E-state index in [1.54, 1.807) is 12.2 Å². The van der Waals surface area contributed by atoms with Gasteiger partial charge in [0.2, 0.25) is 9.84 Å². The summed E-state index contributed by atoms with van der Waals surface area (Å²) in [5.74, 6) is -4.29. The van der Waals surface area contributed by atoms with Gasteiger partial charge < -0.3 is 9.47 Å². The number of rotatable bonds is 14. The molecule has 0 unspecified atom stereocenters. The standard InChI is InChI=1S/C26H28F2O6S.Na.H/c1-3-5-7-9-11-25(29)33-23-17-19(13-15-21(23)27)35(31,32)20-14-16-22(28)24(18-20)34-26(30)12-10-8-6-4-2;;/h3-4,13-18H,1-2,5-12H2;;. The molecule has 2 aromatic carbocycles. The number of carbonyl (C=O) groups is 2. The molecule has 0 amide bonds. The molecule has 6 nitrogen and oxygen atoms in total. The maximum absolute atomic E-state index is 14.2. The molecule has 0 aliphatic carbocycles. The SMILES string of the molecule is C=CCCCCC(=O)Oc1cc(S(=O)(=O)c2ccc(F)c(OC(=O)CCCCC=C)c2)ccc1F.[NaH]. The van der Waals surface area contributed by atoms with Gasteiger partial charge in [-0.15, -0.1) is 13.2 Å². The number of hydrogen-bond donors (Lipinski definition) is 0. The van der Waals surface area contributed by atoms with E-state index in [4.69, 9.17) is 9.47 Å². The molecule has 36 heavy (non-hydrogen) atoms. The van der Waals surface area contributed by atoms with Crippen molar-refractivity contribution in [3.63, 3.8) is 0 Å². The van der Waals surface area contributed by atoms with Crippen LogP contribution in [-0.4, -0.2) is 49.9 Å². The van der Waals surface area contributed by atoms with Crippen LogP contribution < -0.4 is 9.47 Å². The van der Waals surface area contributed by atoms with Crippen molar-refractivity contribution in [2.24, 2.45) is 0 Å². The Morgan fingerprint density at radius 3 is 1.50 bits per heavy atom. The number of sulfone groups is 1. The van der Waals surface area contributed by atoms with Gasteiger partial charge in [-0.2, -0.15) is 0 Å². The van der Waals surface area contributed by atoms with Gasteiger partial charge in [-0.3, -0.25) is 9.59 Å². The Labute approximate surface area is 232 Å². The van der Waals surface area contributed by atoms with Crippen molar-refractivity contribution in [3.05, 3.63) is 73.3 Å². The summed E-state index contributed by atoms with van der Waals surface area (Å²) in [6.45, 7) is 7.17. The Bertz CT molecular complexity index is 1100. The number of esters is 2. The van der Waals surface area contributed by atoms with E-state index in [1.165, 1.54) is 0 Å². The number of ether oxygens (including phenoxy) is 2. The Balaban J connectivity index is 0.00000648. The summed E-state index contributed by atoms with van der Waals surface area (Å²) in [5.41, 5.74) is 0. The van der Waals surface area contributed by atoms with Crippen LogP contribution in [0.3, 0.4) is 0 Å². The summed E-state index contributed by atoms with van der Waals surface area (Å²) in [6.07, 6.45) is 7.38. The molecule has 10 heteroatoms. The molecule has 2 aromatic rings. The van der Waals surface area contributed by atoms with Crippen LogP contribution in [0.15, 0.2) is 71.5 Å². The number of unbranched alkanes of at least 4 members (excludes halogenated alkanes) is 4. The topological polar surface area (TPSA) is 86.7 Å². The molecule has 0 saturated carbocycles. The van der Waals surface area contributed by atoms with E-state index in [-0.39, 0.29) is 52.2 Å². The Morgan fingerprint density at radius 2 is 1.14 bits per heavy atom. The minimum absolute atomic E-state index is 0. The number of halogens is 2. The van der Waals surface area contributed by atoms with Crippen LogP contribution >= 0.6 is 0 Å². The molecule has 0 bridgehead atoms. The molecule has 0 aromatic heterocycles. The Morgan fingerprint density at radius 1 is 0.750 bits per heavy atom. The Hall–Kier alpha value is -2.33. The third-order valence-corrected chi connectivity index (χ3v) is 6.70. The molecule has 0 heterocycles. The van der Waals surface area contributed by atoms with E-state index in [2.05, 4.69) is 13.2 Å². The van der Waals surface area contributed by atoms with Gasteiger partial charge in [0.1, 0.15) is 0 Å². The number of allylic oxidation sites excluding steroid dienone is 2. The molecule has 0 radical (unpaired) electrons. The number of benzene rings is 2. The van der Waals surface area contributed by atoms with Crippen LogP contribution in [0.4, 0.5) is 8.78 Å². The molecule has 0 spiro atoms. The van der Waals surface area contributed by atoms with Crippen molar-refractivity contribution in [2.75, 3.05) is 0 Å². The van der Waals surface area contributed by atoms with Crippen LogP contribution in [0, 0.1) is 11.6 Å². The molecule has 0 atom stereocenters. The van der Waals surface area contributed by atoms with Gasteiger partial charge in [-0.1, -0.05) is 12.2 Å². The van der Waals surface area contributed by atoms with E-state index in [0.717, 1.165) is 49.2 Å². The van der Waals surface area contributed by atoms with E-state index in [0.29, 0.717) is 25.7 Å². The molecule has 190 valence electrons. The first-order valence-corrected chi connectivity index (χ1v) is 12.6. The van der Waals surface area contributed by atoms with Crippen LogP contribution in [0.25, 0.3) is 0 Å². The fourth-order valence-electron chi connectivity index (χ4n) is 3.06. The number of carbonyl (C=O) groups excluding carboxylic acids is 2. The van der Waals surface area contributed by atoms with Crippen molar-refractivity contribution >= 4 is 51.3 Å². The second-order valence-corrected chi connectivity index (χ2v) is 9.65. The van der Waals surface area contributed by atoms with Crippen molar-refractivity contribution in [3.8, 4) is 11.5 Å². The average molecular weight is 531 g/mol. The first-order chi connectivity index (χ1) is 16.7. The summed E-state index contributed by atoms with van der Waals surface area (Å²) in [6, 6.07) is 5.51. The zero-order chi connectivity index (χ0) is 25.8. The number of hydrogen-bond acceptors (Lipinski definition) is 6. The van der Waals surface area contributed by atoms with Crippen molar-refractivity contribution in [2.45, 2.75) is 61.2 Å². The van der Waals surface area contributed by atoms with Crippen LogP contribution in [-0.2, 0) is 19.4 Å². The second-order valence-electron chi connectivity index (χ2n) is 7.70. The third-order valence-electron chi connectivity index (χ3n) is 4.95. The molecule has 0 aliphatic rings. The van der Waals surface area contributed by atoms with Crippen molar-refractivity contribution < 1.29 is 36.3 Å². The zero-order valence-corrected chi connectivity index (χ0v) is 20.1. The first kappa shape index (κ1) is 31.7. The predicted octanol–water partition coefficient (Wildman–Crippen LogP) is 5.45. The molecule has 0 N–H and O–H groups in total. The molecule has 0 aliphatic heterocycles. The zero-order valence-electron chi connectivity index (χ0n) is 19.3. The molecule has 0 fully saturated rings. The van der Waals surface area contributed by atoms with E-state index < -0.39 is 44.9 Å². The van der Waals surface area contributed by atoms with Crippen LogP contribution in [0.5, 0.6) is 11.5 Å². The normalized spacial score (nSPS) is 10.7. The van der Waals surface area contributed by atoms with Gasteiger partial charge in [-0.05, 0) is 62.8 Å². The van der Waals surface area contributed by atoms with Gasteiger partial charge in [0, 0.05) is 25.0 Å². The van der Waals surface area contributed by atoms with Gasteiger partial charge >= 0.3 is 41.5 Å². The maximum atomic E-state index is 14.2. The molecular formula is C26H29F2NaO6S. The van der Waals surface area contributed by atoms with Gasteiger partial charge in [0.05, 0.1) is 9.79 Å². The van der Waals surface area contributed by atoms with Crippen LogP contribution in [0.2, 0.25) is 0 Å². The van der Waals surface area contributed by atoms with Crippen molar-refractivity contribution in [1.29, 1.82) is 0 Å². The summed E-state index contributed by atoms with van der Waals surface area (Å²) < 4.78 is 64.5. The fourth-order valence-corrected chi connectivity index (χ4v) is 4.35. The third kappa shape index (κ3) is 9.61. The van der Waals surface area contributed by atoms with Crippen molar-refractivity contribution in [1.82, 2.24) is 0 Å². The monoisotopic (exact) mass is 530 g/mol. The average Bonchev–Trinajstić information content (AvgIpc) is 2.82. The van der Waals surface area contributed by atoms with Crippen LogP contribution in [0.1, 0.15) is 51.4 Å². The van der Waals surface area contributed by atoms with Gasteiger partial charge in [0.25, 0.3) is 0 Å². The van der Waals surface area contributed by atoms with E-state index in [1.807, 2.05) is 0 Å². The van der Waals surface area contributed by atoms with Gasteiger partial charge in [-0.25, -0.2) is 17.2 Å². The summed E-state index contributed by atoms with van der Waals surface area (Å²) in [4.78, 5) is 23.2. The van der Waals surface area contributed by atoms with Gasteiger partial charge in [0.15, 0.2) is 23.1 Å². The summed E-state index contributed by atoms with van der Waals surface area (Å²) in [7, 11) is -4.28. The molecule has 0 saturated heterocycles. The quantitative estimate of drug-likeness (QED) is 0.0806. The summed E-state index contributed by atoms with van der Waals surface area (Å²) in [5, 5.41) is 0. The minimum atomic E-state index is -4.28. The second kappa shape index (κ2) is 15.7. The fraction of sp³-hybridized carbons (Fsp3) is 0.308.